The van der Waals surface area contributed by atoms with Crippen LogP contribution in [0.4, 0.5) is 11.4 Å². The van der Waals surface area contributed by atoms with E-state index in [1.165, 1.54) is 12.1 Å². The molecule has 1 aliphatic heterocycles. The predicted molar refractivity (Wildman–Crippen MR) is 132 cm³/mol. The van der Waals surface area contributed by atoms with Crippen molar-refractivity contribution in [3.63, 3.8) is 0 Å². The van der Waals surface area contributed by atoms with E-state index in [2.05, 4.69) is 22.6 Å². The lowest BCUT2D eigenvalue weighted by molar-refractivity contribution is -0.991. The zero-order valence-corrected chi connectivity index (χ0v) is 20.9. The van der Waals surface area contributed by atoms with Gasteiger partial charge in [0, 0.05) is 43.3 Å². The Labute approximate surface area is 209 Å². The molecule has 32 heavy (non-hydrogen) atoms. The number of carbonyl (C=O) groups excluding carboxylic acids is 1. The van der Waals surface area contributed by atoms with Gasteiger partial charge in [0.05, 0.1) is 20.2 Å². The van der Waals surface area contributed by atoms with Gasteiger partial charge in [0.25, 0.3) is 5.91 Å². The molecule has 1 aliphatic rings. The van der Waals surface area contributed by atoms with Gasteiger partial charge in [-0.2, -0.15) is 11.1 Å². The second-order valence-corrected chi connectivity index (χ2v) is 9.28. The Kier molecular flexibility index (Phi) is 8.62. The van der Waals surface area contributed by atoms with E-state index >= 15 is 0 Å². The summed E-state index contributed by atoms with van der Waals surface area (Å²) in [5, 5.41) is 20.1. The van der Waals surface area contributed by atoms with Gasteiger partial charge in [0.1, 0.15) is 5.76 Å². The molecule has 1 fully saturated rings. The van der Waals surface area contributed by atoms with Crippen LogP contribution in [-0.2, 0) is 9.63 Å². The highest BCUT2D eigenvalue weighted by atomic mass is 127. The Bertz CT molecular complexity index is 1010. The monoisotopic (exact) mass is 592 g/mol. The van der Waals surface area contributed by atoms with Gasteiger partial charge in [-0.25, -0.2) is 5.21 Å². The molecular formula is C21H23Cl2IN4O4. The Morgan fingerprint density at radius 3 is 2.41 bits per heavy atom. The van der Waals surface area contributed by atoms with Crippen molar-refractivity contribution in [2.75, 3.05) is 31.1 Å². The van der Waals surface area contributed by atoms with Gasteiger partial charge in [0.15, 0.2) is 5.69 Å². The van der Waals surface area contributed by atoms with Crippen LogP contribution in [0.5, 0.6) is 0 Å². The summed E-state index contributed by atoms with van der Waals surface area (Å²) >= 11 is 14.8. The van der Waals surface area contributed by atoms with E-state index in [1.807, 2.05) is 23.1 Å². The van der Waals surface area contributed by atoms with Crippen molar-refractivity contribution in [1.82, 2.24) is 4.90 Å². The zero-order chi connectivity index (χ0) is 23.4. The molecule has 2 aromatic rings. The minimum absolute atomic E-state index is 0.132. The Hall–Kier alpha value is -1.60. The number of rotatable bonds is 6. The van der Waals surface area contributed by atoms with Crippen molar-refractivity contribution in [3.05, 3.63) is 74.6 Å². The highest BCUT2D eigenvalue weighted by Crippen LogP contribution is 2.38. The van der Waals surface area contributed by atoms with Crippen LogP contribution in [0, 0.1) is 5.21 Å². The fourth-order valence-corrected chi connectivity index (χ4v) is 5.53. The highest BCUT2D eigenvalue weighted by molar-refractivity contribution is 14.1. The molecule has 0 aromatic heterocycles. The van der Waals surface area contributed by atoms with Crippen LogP contribution in [0.15, 0.2) is 53.8 Å². The number of anilines is 1. The summed E-state index contributed by atoms with van der Waals surface area (Å²) in [5.74, 6) is 5.58. The average molecular weight is 593 g/mol. The number of allylic oxidation sites excluding steroid dienone is 1. The molecule has 8 nitrogen and oxygen atoms in total. The van der Waals surface area contributed by atoms with E-state index in [1.54, 1.807) is 24.0 Å². The summed E-state index contributed by atoms with van der Waals surface area (Å²) in [6.07, 6.45) is 0. The van der Waals surface area contributed by atoms with Gasteiger partial charge in [-0.3, -0.25) is 4.79 Å². The number of amides is 1. The maximum absolute atomic E-state index is 13.4. The maximum Gasteiger partial charge on any atom is 0.254 e. The molecule has 172 valence electrons. The van der Waals surface area contributed by atoms with Gasteiger partial charge in [-0.15, -0.1) is 0 Å². The van der Waals surface area contributed by atoms with Crippen molar-refractivity contribution in [2.24, 2.45) is 5.90 Å². The lowest BCUT2D eigenvalue weighted by atomic mass is 10.0. The summed E-state index contributed by atoms with van der Waals surface area (Å²) in [7, 11) is 0. The first-order valence-corrected chi connectivity index (χ1v) is 11.8. The number of nitrogens with zero attached hydrogens (tertiary/aromatic N) is 2. The number of quaternary nitrogens is 1. The van der Waals surface area contributed by atoms with Crippen LogP contribution in [0.2, 0.25) is 10.0 Å². The van der Waals surface area contributed by atoms with Crippen LogP contribution >= 0.6 is 45.8 Å². The number of halogens is 3. The molecule has 4 N–H and O–H groups in total. The minimum Gasteiger partial charge on any atom is -0.595 e. The van der Waals surface area contributed by atoms with Crippen molar-refractivity contribution >= 4 is 63.1 Å². The molecule has 2 atom stereocenters. The van der Waals surface area contributed by atoms with E-state index in [4.69, 9.17) is 39.1 Å². The van der Waals surface area contributed by atoms with Crippen molar-refractivity contribution in [2.45, 2.75) is 10.8 Å². The smallest absolute Gasteiger partial charge is 0.254 e. The Morgan fingerprint density at radius 2 is 1.84 bits per heavy atom. The molecule has 2 aromatic carbocycles. The van der Waals surface area contributed by atoms with Crippen LogP contribution in [-0.4, -0.2) is 42.2 Å². The van der Waals surface area contributed by atoms with Gasteiger partial charge in [-0.05, 0) is 24.6 Å². The second-order valence-electron chi connectivity index (χ2n) is 7.22. The fraction of sp³-hybridized carbons (Fsp3) is 0.286. The largest absolute Gasteiger partial charge is 0.595 e. The van der Waals surface area contributed by atoms with Crippen LogP contribution in [0.3, 0.4) is 0 Å². The van der Waals surface area contributed by atoms with Crippen molar-refractivity contribution in [3.8, 4) is 0 Å². The summed E-state index contributed by atoms with van der Waals surface area (Å²) in [4.78, 5) is 22.2. The lowest BCUT2D eigenvalue weighted by Gasteiger charge is -2.37. The summed E-state index contributed by atoms with van der Waals surface area (Å²) < 4.78 is -0.339. The van der Waals surface area contributed by atoms with E-state index in [-0.39, 0.29) is 15.5 Å². The van der Waals surface area contributed by atoms with Gasteiger partial charge < -0.3 is 19.8 Å². The Morgan fingerprint density at radius 1 is 1.19 bits per heavy atom. The standard InChI is InChI=1S/C21H23Cl2IN4O4/c1-13(32-25)19(20(24)15-4-2-3-5-16(15)22)21(29)27-10-8-26(9-11-27)18-7-6-14(28(30)31)12-17(18)23/h2-7,12,20,28,30H,8-11,25H2,1H3/b19-13+. The summed E-state index contributed by atoms with van der Waals surface area (Å²) in [5.41, 5.74) is 2.12. The quantitative estimate of drug-likeness (QED) is 0.156. The van der Waals surface area contributed by atoms with Crippen LogP contribution in [0.1, 0.15) is 16.4 Å². The van der Waals surface area contributed by atoms with Crippen LogP contribution in [0.25, 0.3) is 0 Å². The first-order chi connectivity index (χ1) is 15.2. The topological polar surface area (TPSA) is 107 Å². The normalized spacial score (nSPS) is 17.0. The summed E-state index contributed by atoms with van der Waals surface area (Å²) in [6.45, 7) is 3.68. The molecular weight excluding hydrogens is 570 g/mol. The Balaban J connectivity index is 1.76. The van der Waals surface area contributed by atoms with Crippen LogP contribution < -0.4 is 16.0 Å². The van der Waals surface area contributed by atoms with Gasteiger partial charge in [0.2, 0.25) is 0 Å². The first-order valence-electron chi connectivity index (χ1n) is 9.77. The number of alkyl halides is 1. The molecule has 0 bridgehead atoms. The van der Waals surface area contributed by atoms with E-state index in [9.17, 15) is 10.0 Å². The average Bonchev–Trinajstić information content (AvgIpc) is 2.79. The maximum atomic E-state index is 13.4. The first kappa shape index (κ1) is 25.0. The molecule has 0 radical (unpaired) electrons. The third kappa shape index (κ3) is 5.48. The second kappa shape index (κ2) is 11.0. The molecule has 0 spiro atoms. The fourth-order valence-electron chi connectivity index (χ4n) is 3.55. The van der Waals surface area contributed by atoms with Crippen molar-refractivity contribution in [1.29, 1.82) is 0 Å². The van der Waals surface area contributed by atoms with E-state index < -0.39 is 5.23 Å². The molecule has 2 unspecified atom stereocenters. The predicted octanol–water partition coefficient (Wildman–Crippen LogP) is 3.39. The van der Waals surface area contributed by atoms with Gasteiger partial charge >= 0.3 is 0 Å². The molecule has 1 saturated heterocycles. The molecule has 0 saturated carbocycles. The third-order valence-electron chi connectivity index (χ3n) is 5.32. The number of hydrogen-bond acceptors (Lipinski definition) is 6. The molecule has 0 aliphatic carbocycles. The minimum atomic E-state index is -1.03. The number of nitrogens with one attached hydrogen (secondary N) is 1. The van der Waals surface area contributed by atoms with Crippen molar-refractivity contribution < 1.29 is 20.1 Å². The molecule has 1 heterocycles. The summed E-state index contributed by atoms with van der Waals surface area (Å²) in [6, 6.07) is 12.0. The molecule has 3 rings (SSSR count). The number of hydrogen-bond donors (Lipinski definition) is 3. The SMILES string of the molecule is C/C(ON)=C(\C(=O)N1CCN(c2ccc([NH+]([O-])O)cc2Cl)CC1)C(I)c1ccccc1Cl. The zero-order valence-electron chi connectivity index (χ0n) is 17.2. The van der Waals surface area contributed by atoms with E-state index in [0.29, 0.717) is 47.6 Å². The highest BCUT2D eigenvalue weighted by Gasteiger charge is 2.31. The number of piperazine rings is 1. The molecule has 11 heteroatoms. The molecule has 1 amide bonds. The number of benzene rings is 2. The third-order valence-corrected chi connectivity index (χ3v) is 7.26. The lowest BCUT2D eigenvalue weighted by Crippen LogP contribution is -2.99. The van der Waals surface area contributed by atoms with Gasteiger partial charge in [-0.1, -0.05) is 64.0 Å². The number of carbonyl (C=O) groups is 1. The number of nitrogens with two attached hydrogens (primary N) is 1. The van der Waals surface area contributed by atoms with E-state index in [0.717, 1.165) is 11.3 Å².